The van der Waals surface area contributed by atoms with Gasteiger partial charge in [-0.3, -0.25) is 0 Å². The van der Waals surface area contributed by atoms with Crippen molar-refractivity contribution in [3.05, 3.63) is 47.2 Å². The summed E-state index contributed by atoms with van der Waals surface area (Å²) in [5.41, 5.74) is -2.55. The summed E-state index contributed by atoms with van der Waals surface area (Å²) in [7, 11) is 0. The molecule has 3 rings (SSSR count). The molecule has 0 amide bonds. The number of carbonyl (C=O) groups is 4. The van der Waals surface area contributed by atoms with Gasteiger partial charge in [-0.2, -0.15) is 4.79 Å². The zero-order valence-corrected chi connectivity index (χ0v) is 12.7. The van der Waals surface area contributed by atoms with E-state index in [-0.39, 0.29) is 11.0 Å². The maximum Gasteiger partial charge on any atom is 0.510 e. The summed E-state index contributed by atoms with van der Waals surface area (Å²) in [5, 5.41) is 37.4. The quantitative estimate of drug-likeness (QED) is 0.399. The lowest BCUT2D eigenvalue weighted by molar-refractivity contribution is -0.530. The Morgan fingerprint density at radius 2 is 1.46 bits per heavy atom. The van der Waals surface area contributed by atoms with Crippen molar-refractivity contribution in [3.63, 3.8) is 0 Å². The van der Waals surface area contributed by atoms with E-state index in [4.69, 9.17) is 0 Å². The van der Waals surface area contributed by atoms with Crippen LogP contribution in [0.15, 0.2) is 30.5 Å². The predicted molar refractivity (Wildman–Crippen MR) is 83.7 cm³/mol. The zero-order valence-electron chi connectivity index (χ0n) is 12.7. The molecule has 10 nitrogen and oxygen atoms in total. The van der Waals surface area contributed by atoms with Crippen LogP contribution in [-0.4, -0.2) is 49.4 Å². The summed E-state index contributed by atoms with van der Waals surface area (Å²) in [6.45, 7) is 0. The minimum atomic E-state index is -1.64. The van der Waals surface area contributed by atoms with E-state index in [9.17, 15) is 39.6 Å². The number of benzene rings is 1. The van der Waals surface area contributed by atoms with Crippen molar-refractivity contribution in [3.8, 4) is 0 Å². The van der Waals surface area contributed by atoms with Gasteiger partial charge in [-0.15, -0.1) is 4.57 Å². The van der Waals surface area contributed by atoms with E-state index in [1.54, 1.807) is 0 Å². The summed E-state index contributed by atoms with van der Waals surface area (Å²) in [4.78, 5) is 50.6. The molecule has 0 aliphatic carbocycles. The van der Waals surface area contributed by atoms with Gasteiger partial charge in [-0.25, -0.2) is 14.4 Å². The first-order valence-corrected chi connectivity index (χ1v) is 6.98. The fourth-order valence-electron chi connectivity index (χ4n) is 2.85. The van der Waals surface area contributed by atoms with Crippen molar-refractivity contribution in [1.29, 1.82) is 0 Å². The monoisotopic (exact) mass is 357 g/mol. The summed E-state index contributed by atoms with van der Waals surface area (Å²) >= 11 is 0. The lowest BCUT2D eigenvalue weighted by atomic mass is 9.96. The highest BCUT2D eigenvalue weighted by atomic mass is 16.4. The van der Waals surface area contributed by atoms with Crippen LogP contribution in [0.3, 0.4) is 0 Å². The average molecular weight is 357 g/mol. The summed E-state index contributed by atoms with van der Waals surface area (Å²) < 4.78 is 0.479. The average Bonchev–Trinajstić information content (AvgIpc) is 2.57. The van der Waals surface area contributed by atoms with Gasteiger partial charge in [0.05, 0.1) is 21.9 Å². The standard InChI is InChI=1S/C16H8N2O8/c19-13(20)7-3-4-8(14(21)22)11-9(7)10(15(23)24)6-2-1-5-17-12(6)18(11)16(25)26/h1-5H,(H3-,19,20,21,22,23,24,25,26)/p+1. The molecule has 0 spiro atoms. The predicted octanol–water partition coefficient (Wildman–Crippen LogP) is 1.30. The molecule has 0 saturated heterocycles. The van der Waals surface area contributed by atoms with E-state index in [1.807, 2.05) is 0 Å². The lowest BCUT2D eigenvalue weighted by Crippen LogP contribution is -2.45. The molecule has 0 fully saturated rings. The van der Waals surface area contributed by atoms with Crippen LogP contribution in [0.1, 0.15) is 31.1 Å². The molecule has 26 heavy (non-hydrogen) atoms. The van der Waals surface area contributed by atoms with Crippen LogP contribution >= 0.6 is 0 Å². The topological polar surface area (TPSA) is 166 Å². The molecule has 0 bridgehead atoms. The van der Waals surface area contributed by atoms with E-state index in [0.29, 0.717) is 4.57 Å². The van der Waals surface area contributed by atoms with Gasteiger partial charge in [0.1, 0.15) is 11.8 Å². The maximum atomic E-state index is 11.8. The molecule has 0 radical (unpaired) electrons. The molecule has 2 heterocycles. The Hall–Kier alpha value is -4.08. The summed E-state index contributed by atoms with van der Waals surface area (Å²) in [6, 6.07) is 4.46. The second-order valence-corrected chi connectivity index (χ2v) is 5.17. The minimum Gasteiger partial charge on any atom is -0.478 e. The lowest BCUT2D eigenvalue weighted by Gasteiger charge is -2.11. The molecular weight excluding hydrogens is 348 g/mol. The molecule has 3 aromatic rings. The van der Waals surface area contributed by atoms with Gasteiger partial charge < -0.3 is 20.4 Å². The number of pyridine rings is 2. The first-order chi connectivity index (χ1) is 12.3. The third-order valence-corrected chi connectivity index (χ3v) is 3.79. The Balaban J connectivity index is 2.84. The van der Waals surface area contributed by atoms with Crippen molar-refractivity contribution in [2.75, 3.05) is 0 Å². The van der Waals surface area contributed by atoms with Crippen LogP contribution in [0.4, 0.5) is 4.79 Å². The smallest absolute Gasteiger partial charge is 0.478 e. The van der Waals surface area contributed by atoms with Crippen LogP contribution in [0.25, 0.3) is 21.9 Å². The molecule has 0 unspecified atom stereocenters. The Labute approximate surface area is 143 Å². The van der Waals surface area contributed by atoms with Gasteiger partial charge >= 0.3 is 29.6 Å². The molecule has 1 aromatic carbocycles. The molecule has 0 saturated carbocycles. The Morgan fingerprint density at radius 3 is 2.00 bits per heavy atom. The molecular formula is C16H9N2O8+. The number of fused-ring (bicyclic) bond motifs is 2. The SMILES string of the molecule is O=C(O)c1ccc(C(=O)O)c2c1c(C(=O)O)c1cccnc1[n+]2C(=O)O. The molecule has 0 aliphatic rings. The minimum absolute atomic E-state index is 0.139. The van der Waals surface area contributed by atoms with Crippen LogP contribution < -0.4 is 4.57 Å². The fraction of sp³-hybridized carbons (Fsp3) is 0. The number of aromatic nitrogens is 2. The van der Waals surface area contributed by atoms with E-state index >= 15 is 0 Å². The van der Waals surface area contributed by atoms with Gasteiger partial charge in [0.25, 0.3) is 0 Å². The molecule has 2 aromatic heterocycles. The van der Waals surface area contributed by atoms with Gasteiger partial charge in [-0.1, -0.05) is 0 Å². The second-order valence-electron chi connectivity index (χ2n) is 5.17. The molecule has 4 N–H and O–H groups in total. The normalized spacial score (nSPS) is 10.8. The molecule has 0 aliphatic heterocycles. The van der Waals surface area contributed by atoms with Gasteiger partial charge in [-0.05, 0) is 29.2 Å². The summed E-state index contributed by atoms with van der Waals surface area (Å²) in [6.07, 6.45) is -0.429. The second kappa shape index (κ2) is 5.77. The largest absolute Gasteiger partial charge is 0.510 e. The molecule has 10 heteroatoms. The first kappa shape index (κ1) is 16.8. The maximum absolute atomic E-state index is 11.8. The summed E-state index contributed by atoms with van der Waals surface area (Å²) in [5.74, 6) is -4.63. The first-order valence-electron chi connectivity index (χ1n) is 6.98. The van der Waals surface area contributed by atoms with Crippen LogP contribution in [0, 0.1) is 0 Å². The van der Waals surface area contributed by atoms with E-state index < -0.39 is 51.6 Å². The zero-order chi connectivity index (χ0) is 19.2. The van der Waals surface area contributed by atoms with Gasteiger partial charge in [0, 0.05) is 0 Å². The van der Waals surface area contributed by atoms with Gasteiger partial charge in [0.2, 0.25) is 0 Å². The Kier molecular flexibility index (Phi) is 3.72. The number of aromatic carboxylic acids is 3. The third kappa shape index (κ3) is 2.28. The third-order valence-electron chi connectivity index (χ3n) is 3.79. The number of rotatable bonds is 3. The highest BCUT2D eigenvalue weighted by molar-refractivity contribution is 6.20. The highest BCUT2D eigenvalue weighted by Crippen LogP contribution is 2.29. The number of nitrogens with zero attached hydrogens (tertiary/aromatic N) is 2. The Morgan fingerprint density at radius 1 is 0.846 bits per heavy atom. The van der Waals surface area contributed by atoms with Crippen LogP contribution in [0.5, 0.6) is 0 Å². The van der Waals surface area contributed by atoms with Crippen molar-refractivity contribution < 1.29 is 44.2 Å². The van der Waals surface area contributed by atoms with Crippen molar-refractivity contribution >= 4 is 45.9 Å². The van der Waals surface area contributed by atoms with Gasteiger partial charge in [0.15, 0.2) is 5.52 Å². The highest BCUT2D eigenvalue weighted by Gasteiger charge is 2.33. The van der Waals surface area contributed by atoms with Crippen molar-refractivity contribution in [2.24, 2.45) is 0 Å². The van der Waals surface area contributed by atoms with E-state index in [0.717, 1.165) is 12.1 Å². The molecule has 130 valence electrons. The van der Waals surface area contributed by atoms with Crippen LogP contribution in [0.2, 0.25) is 0 Å². The number of hydrogen-bond donors (Lipinski definition) is 4. The van der Waals surface area contributed by atoms with Crippen molar-refractivity contribution in [1.82, 2.24) is 4.98 Å². The van der Waals surface area contributed by atoms with Crippen molar-refractivity contribution in [2.45, 2.75) is 0 Å². The van der Waals surface area contributed by atoms with E-state index in [1.165, 1.54) is 18.3 Å². The van der Waals surface area contributed by atoms with E-state index in [2.05, 4.69) is 4.98 Å². The Bertz CT molecular complexity index is 1060. The van der Waals surface area contributed by atoms with Crippen LogP contribution in [-0.2, 0) is 0 Å². The molecule has 0 atom stereocenters. The number of hydrogen-bond acceptors (Lipinski definition) is 5. The number of carboxylic acid groups (broad SMARTS) is 4. The fourth-order valence-corrected chi connectivity index (χ4v) is 2.85. The number of carboxylic acids is 3.